The molecular formula is C67H131NO5. The van der Waals surface area contributed by atoms with Crippen LogP contribution in [0.1, 0.15) is 380 Å². The van der Waals surface area contributed by atoms with Crippen molar-refractivity contribution < 1.29 is 24.5 Å². The van der Waals surface area contributed by atoms with Crippen molar-refractivity contribution in [3.8, 4) is 0 Å². The van der Waals surface area contributed by atoms with Crippen molar-refractivity contribution in [1.82, 2.24) is 5.32 Å². The van der Waals surface area contributed by atoms with Gasteiger partial charge in [-0.3, -0.25) is 9.59 Å². The highest BCUT2D eigenvalue weighted by molar-refractivity contribution is 5.76. The number of aliphatic hydroxyl groups is 2. The molecule has 0 radical (unpaired) electrons. The maximum atomic E-state index is 12.4. The lowest BCUT2D eigenvalue weighted by Crippen LogP contribution is -2.45. The standard InChI is InChI=1S/C67H131NO5/c1-3-5-7-9-11-13-15-17-18-19-27-31-34-37-41-45-49-53-57-61-67(72)73-62-58-54-50-46-42-38-35-32-29-26-24-22-20-21-23-25-28-30-33-36-40-44-48-52-56-60-66(71)68-64(63-69)65(70)59-55-51-47-43-39-16-14-12-10-8-6-4-2/h55,59,64-65,69-70H,3-54,56-58,60-63H2,1-2H3,(H,68,71)/b59-55+. The lowest BCUT2D eigenvalue weighted by Gasteiger charge is -2.20. The highest BCUT2D eigenvalue weighted by Crippen LogP contribution is 2.19. The van der Waals surface area contributed by atoms with E-state index in [1.807, 2.05) is 6.08 Å². The lowest BCUT2D eigenvalue weighted by atomic mass is 10.0. The number of nitrogens with one attached hydrogen (secondary N) is 1. The third-order valence-corrected chi connectivity index (χ3v) is 15.8. The van der Waals surface area contributed by atoms with Crippen molar-refractivity contribution in [1.29, 1.82) is 0 Å². The summed E-state index contributed by atoms with van der Waals surface area (Å²) in [4.78, 5) is 24.6. The minimum Gasteiger partial charge on any atom is -0.466 e. The second-order valence-corrected chi connectivity index (χ2v) is 23.2. The number of hydrogen-bond donors (Lipinski definition) is 3. The van der Waals surface area contributed by atoms with Gasteiger partial charge in [0, 0.05) is 12.8 Å². The van der Waals surface area contributed by atoms with Gasteiger partial charge in [-0.15, -0.1) is 0 Å². The van der Waals surface area contributed by atoms with Crippen molar-refractivity contribution in [3.63, 3.8) is 0 Å². The number of unbranched alkanes of at least 4 members (excludes halogenated alkanes) is 52. The average Bonchev–Trinajstić information content (AvgIpc) is 3.39. The van der Waals surface area contributed by atoms with Crippen LogP contribution in [0.3, 0.4) is 0 Å². The van der Waals surface area contributed by atoms with Gasteiger partial charge in [-0.25, -0.2) is 0 Å². The first-order chi connectivity index (χ1) is 36.0. The summed E-state index contributed by atoms with van der Waals surface area (Å²) in [5.74, 6) is -0.0435. The maximum Gasteiger partial charge on any atom is 0.305 e. The summed E-state index contributed by atoms with van der Waals surface area (Å²) >= 11 is 0. The molecule has 2 unspecified atom stereocenters. The summed E-state index contributed by atoms with van der Waals surface area (Å²) in [6.07, 6.45) is 77.1. The molecule has 0 spiro atoms. The van der Waals surface area contributed by atoms with Crippen LogP contribution in [-0.2, 0) is 14.3 Å². The third-order valence-electron chi connectivity index (χ3n) is 15.8. The molecule has 0 aliphatic heterocycles. The summed E-state index contributed by atoms with van der Waals surface area (Å²) in [7, 11) is 0. The molecule has 2 atom stereocenters. The predicted octanol–water partition coefficient (Wildman–Crippen LogP) is 21.2. The summed E-state index contributed by atoms with van der Waals surface area (Å²) in [6, 6.07) is -0.625. The monoisotopic (exact) mass is 1030 g/mol. The number of hydrogen-bond acceptors (Lipinski definition) is 5. The first-order valence-electron chi connectivity index (χ1n) is 33.5. The Kier molecular flexibility index (Phi) is 61.9. The quantitative estimate of drug-likeness (QED) is 0.0320. The molecule has 0 saturated carbocycles. The number of allylic oxidation sites excluding steroid dienone is 1. The first kappa shape index (κ1) is 71.6. The van der Waals surface area contributed by atoms with Crippen molar-refractivity contribution in [2.75, 3.05) is 13.2 Å². The Morgan fingerprint density at radius 1 is 0.370 bits per heavy atom. The fraction of sp³-hybridized carbons (Fsp3) is 0.940. The van der Waals surface area contributed by atoms with Gasteiger partial charge in [0.25, 0.3) is 0 Å². The molecule has 1 amide bonds. The molecule has 434 valence electrons. The zero-order valence-corrected chi connectivity index (χ0v) is 49.6. The van der Waals surface area contributed by atoms with Crippen molar-refractivity contribution >= 4 is 11.9 Å². The predicted molar refractivity (Wildman–Crippen MR) is 320 cm³/mol. The van der Waals surface area contributed by atoms with Crippen molar-refractivity contribution in [3.05, 3.63) is 12.2 Å². The number of rotatable bonds is 63. The molecule has 0 aliphatic rings. The van der Waals surface area contributed by atoms with Gasteiger partial charge in [0.15, 0.2) is 0 Å². The van der Waals surface area contributed by atoms with E-state index >= 15 is 0 Å². The average molecular weight is 1030 g/mol. The van der Waals surface area contributed by atoms with Gasteiger partial charge in [-0.1, -0.05) is 347 Å². The van der Waals surface area contributed by atoms with Crippen LogP contribution in [0.15, 0.2) is 12.2 Å². The molecule has 0 aromatic heterocycles. The van der Waals surface area contributed by atoms with Gasteiger partial charge < -0.3 is 20.3 Å². The second kappa shape index (κ2) is 63.1. The largest absolute Gasteiger partial charge is 0.466 e. The second-order valence-electron chi connectivity index (χ2n) is 23.2. The molecule has 0 aromatic rings. The molecule has 0 fully saturated rings. The topological polar surface area (TPSA) is 95.9 Å². The number of carbonyl (C=O) groups is 2. The van der Waals surface area contributed by atoms with E-state index in [9.17, 15) is 19.8 Å². The third kappa shape index (κ3) is 59.7. The molecule has 0 rings (SSSR count). The molecule has 0 aliphatic carbocycles. The number of esters is 1. The van der Waals surface area contributed by atoms with Gasteiger partial charge in [0.1, 0.15) is 0 Å². The van der Waals surface area contributed by atoms with E-state index in [4.69, 9.17) is 4.74 Å². The zero-order chi connectivity index (χ0) is 52.9. The normalized spacial score (nSPS) is 12.5. The van der Waals surface area contributed by atoms with E-state index in [2.05, 4.69) is 19.2 Å². The molecule has 0 bridgehead atoms. The Morgan fingerprint density at radius 2 is 0.630 bits per heavy atom. The van der Waals surface area contributed by atoms with E-state index in [1.54, 1.807) is 6.08 Å². The van der Waals surface area contributed by atoms with Crippen LogP contribution in [0, 0.1) is 0 Å². The molecule has 73 heavy (non-hydrogen) atoms. The maximum absolute atomic E-state index is 12.4. The molecule has 6 heteroatoms. The van der Waals surface area contributed by atoms with Gasteiger partial charge in [-0.2, -0.15) is 0 Å². The summed E-state index contributed by atoms with van der Waals surface area (Å²) in [5.41, 5.74) is 0. The summed E-state index contributed by atoms with van der Waals surface area (Å²) in [5, 5.41) is 23.1. The van der Waals surface area contributed by atoms with Crippen LogP contribution >= 0.6 is 0 Å². The lowest BCUT2D eigenvalue weighted by molar-refractivity contribution is -0.143. The van der Waals surface area contributed by atoms with Crippen LogP contribution < -0.4 is 5.32 Å². The smallest absolute Gasteiger partial charge is 0.305 e. The molecule has 0 aromatic carbocycles. The van der Waals surface area contributed by atoms with Gasteiger partial charge in [0.2, 0.25) is 5.91 Å². The summed E-state index contributed by atoms with van der Waals surface area (Å²) < 4.78 is 5.51. The van der Waals surface area contributed by atoms with E-state index in [1.165, 1.54) is 315 Å². The number of amides is 1. The Hall–Kier alpha value is -1.40. The number of carbonyl (C=O) groups excluding carboxylic acids is 2. The Morgan fingerprint density at radius 3 is 0.932 bits per heavy atom. The first-order valence-corrected chi connectivity index (χ1v) is 33.5. The van der Waals surface area contributed by atoms with Gasteiger partial charge >= 0.3 is 5.97 Å². The Bertz CT molecular complexity index is 1100. The van der Waals surface area contributed by atoms with Gasteiger partial charge in [0.05, 0.1) is 25.4 Å². The number of aliphatic hydroxyl groups excluding tert-OH is 2. The fourth-order valence-electron chi connectivity index (χ4n) is 10.7. The highest BCUT2D eigenvalue weighted by atomic mass is 16.5. The van der Waals surface area contributed by atoms with E-state index < -0.39 is 12.1 Å². The van der Waals surface area contributed by atoms with Crippen molar-refractivity contribution in [2.45, 2.75) is 392 Å². The molecule has 0 heterocycles. The van der Waals surface area contributed by atoms with E-state index in [0.717, 1.165) is 38.5 Å². The molecule has 0 saturated heterocycles. The highest BCUT2D eigenvalue weighted by Gasteiger charge is 2.18. The minimum absolute atomic E-state index is 0.0215. The van der Waals surface area contributed by atoms with Gasteiger partial charge in [-0.05, 0) is 32.1 Å². The van der Waals surface area contributed by atoms with Crippen LogP contribution in [0.2, 0.25) is 0 Å². The minimum atomic E-state index is -0.841. The van der Waals surface area contributed by atoms with E-state index in [0.29, 0.717) is 19.4 Å². The van der Waals surface area contributed by atoms with Crippen LogP contribution in [0.5, 0.6) is 0 Å². The van der Waals surface area contributed by atoms with Crippen LogP contribution in [-0.4, -0.2) is 47.4 Å². The molecule has 6 nitrogen and oxygen atoms in total. The van der Waals surface area contributed by atoms with Crippen molar-refractivity contribution in [2.24, 2.45) is 0 Å². The number of ether oxygens (including phenoxy) is 1. The van der Waals surface area contributed by atoms with Crippen LogP contribution in [0.25, 0.3) is 0 Å². The fourth-order valence-corrected chi connectivity index (χ4v) is 10.7. The molecular weight excluding hydrogens is 899 g/mol. The SMILES string of the molecule is CCCCCCCCCCCC/C=C/C(O)C(CO)NC(=O)CCCCCCCCCCCCCCCCCCCCCCCCCCCOC(=O)CCCCCCCCCCCCCCCCCCCCC. The zero-order valence-electron chi connectivity index (χ0n) is 49.6. The Labute approximate surface area is 457 Å². The van der Waals surface area contributed by atoms with Crippen LogP contribution in [0.4, 0.5) is 0 Å². The molecule has 3 N–H and O–H groups in total. The Balaban J connectivity index is 3.33. The van der Waals surface area contributed by atoms with E-state index in [-0.39, 0.29) is 18.5 Å². The summed E-state index contributed by atoms with van der Waals surface area (Å²) in [6.45, 7) is 4.93.